The highest BCUT2D eigenvalue weighted by Crippen LogP contribution is 2.42. The van der Waals surface area contributed by atoms with Gasteiger partial charge >= 0.3 is 0 Å². The molecule has 1 amide bonds. The Labute approximate surface area is 218 Å². The SMILES string of the molecule is COCCCN1C(=O)C(=O)/C(=C(/O)c2ccc(OC)c(C(C)C)c2)C1c1ccc(OC(C)C)c(OC)c1. The summed E-state index contributed by atoms with van der Waals surface area (Å²) in [5.41, 5.74) is 1.98. The lowest BCUT2D eigenvalue weighted by atomic mass is 9.93. The number of hydrogen-bond acceptors (Lipinski definition) is 7. The number of methoxy groups -OCH3 is 3. The van der Waals surface area contributed by atoms with Crippen molar-refractivity contribution in [2.24, 2.45) is 0 Å². The molecule has 0 spiro atoms. The summed E-state index contributed by atoms with van der Waals surface area (Å²) in [6.07, 6.45) is 0.468. The number of benzene rings is 2. The molecule has 1 heterocycles. The number of hydrogen-bond donors (Lipinski definition) is 1. The molecule has 8 heteroatoms. The largest absolute Gasteiger partial charge is 0.507 e. The van der Waals surface area contributed by atoms with Crippen LogP contribution in [0.15, 0.2) is 42.0 Å². The van der Waals surface area contributed by atoms with E-state index in [1.807, 2.05) is 27.7 Å². The normalized spacial score (nSPS) is 17.1. The van der Waals surface area contributed by atoms with E-state index in [0.717, 1.165) is 5.56 Å². The van der Waals surface area contributed by atoms with Crippen molar-refractivity contribution in [1.82, 2.24) is 4.90 Å². The highest BCUT2D eigenvalue weighted by Gasteiger charge is 2.46. The van der Waals surface area contributed by atoms with E-state index < -0.39 is 17.7 Å². The maximum Gasteiger partial charge on any atom is 0.295 e. The molecule has 0 aromatic heterocycles. The number of aliphatic hydroxyl groups is 1. The Hall–Kier alpha value is -3.52. The van der Waals surface area contributed by atoms with Crippen molar-refractivity contribution < 1.29 is 33.6 Å². The molecule has 0 saturated carbocycles. The Morgan fingerprint density at radius 2 is 1.62 bits per heavy atom. The van der Waals surface area contributed by atoms with E-state index in [9.17, 15) is 14.7 Å². The molecule has 1 unspecified atom stereocenters. The van der Waals surface area contributed by atoms with Gasteiger partial charge < -0.3 is 29.0 Å². The molecule has 37 heavy (non-hydrogen) atoms. The second-order valence-electron chi connectivity index (χ2n) is 9.53. The lowest BCUT2D eigenvalue weighted by Gasteiger charge is -2.26. The number of amides is 1. The van der Waals surface area contributed by atoms with Crippen LogP contribution in [0.4, 0.5) is 0 Å². The molecule has 1 N–H and O–H groups in total. The van der Waals surface area contributed by atoms with Gasteiger partial charge in [0.05, 0.1) is 31.9 Å². The van der Waals surface area contributed by atoms with Gasteiger partial charge in [-0.3, -0.25) is 9.59 Å². The minimum absolute atomic E-state index is 0.0295. The first kappa shape index (κ1) is 28.1. The van der Waals surface area contributed by atoms with Gasteiger partial charge in [0, 0.05) is 25.8 Å². The van der Waals surface area contributed by atoms with Gasteiger partial charge in [0.15, 0.2) is 11.5 Å². The van der Waals surface area contributed by atoms with Crippen LogP contribution in [0.5, 0.6) is 17.2 Å². The van der Waals surface area contributed by atoms with Crippen molar-refractivity contribution in [3.8, 4) is 17.2 Å². The Bertz CT molecular complexity index is 1170. The zero-order valence-electron chi connectivity index (χ0n) is 22.7. The third kappa shape index (κ3) is 5.91. The highest BCUT2D eigenvalue weighted by atomic mass is 16.5. The number of rotatable bonds is 11. The maximum atomic E-state index is 13.3. The van der Waals surface area contributed by atoms with Crippen LogP contribution in [0.2, 0.25) is 0 Å². The minimum atomic E-state index is -0.802. The molecule has 1 saturated heterocycles. The average molecular weight is 512 g/mol. The first-order chi connectivity index (χ1) is 17.6. The van der Waals surface area contributed by atoms with Crippen molar-refractivity contribution in [2.45, 2.75) is 52.2 Å². The molecular formula is C29H37NO7. The number of aliphatic hydroxyl groups excluding tert-OH is 1. The standard InChI is InChI=1S/C29H37NO7/c1-17(2)21-15-20(10-11-22(21)35-6)27(31)25-26(30(13-8-14-34-5)29(33)28(25)32)19-9-12-23(37-18(3)4)24(16-19)36-7/h9-12,15-18,26,31H,8,13-14H2,1-7H3/b27-25+. The van der Waals surface area contributed by atoms with Crippen LogP contribution < -0.4 is 14.2 Å². The summed E-state index contributed by atoms with van der Waals surface area (Å²) >= 11 is 0. The fourth-order valence-corrected chi connectivity index (χ4v) is 4.53. The quantitative estimate of drug-likeness (QED) is 0.195. The molecule has 0 bridgehead atoms. The number of ether oxygens (including phenoxy) is 4. The minimum Gasteiger partial charge on any atom is -0.507 e. The van der Waals surface area contributed by atoms with Crippen LogP contribution in [0, 0.1) is 0 Å². The van der Waals surface area contributed by atoms with E-state index in [1.54, 1.807) is 50.6 Å². The van der Waals surface area contributed by atoms with Crippen LogP contribution in [-0.2, 0) is 14.3 Å². The summed E-state index contributed by atoms with van der Waals surface area (Å²) in [4.78, 5) is 28.0. The monoisotopic (exact) mass is 511 g/mol. The van der Waals surface area contributed by atoms with Gasteiger partial charge in [0.25, 0.3) is 11.7 Å². The van der Waals surface area contributed by atoms with E-state index in [-0.39, 0.29) is 29.9 Å². The van der Waals surface area contributed by atoms with Gasteiger partial charge in [-0.1, -0.05) is 19.9 Å². The summed E-state index contributed by atoms with van der Waals surface area (Å²) in [6, 6.07) is 9.75. The molecule has 2 aromatic rings. The summed E-state index contributed by atoms with van der Waals surface area (Å²) in [5, 5.41) is 11.5. The fraction of sp³-hybridized carbons (Fsp3) is 0.448. The van der Waals surface area contributed by atoms with Gasteiger partial charge in [0.2, 0.25) is 0 Å². The number of carbonyl (C=O) groups is 2. The van der Waals surface area contributed by atoms with Gasteiger partial charge in [-0.25, -0.2) is 0 Å². The van der Waals surface area contributed by atoms with E-state index in [2.05, 4.69) is 0 Å². The smallest absolute Gasteiger partial charge is 0.295 e. The van der Waals surface area contributed by atoms with E-state index in [4.69, 9.17) is 18.9 Å². The van der Waals surface area contributed by atoms with Crippen LogP contribution in [-0.4, -0.2) is 62.3 Å². The first-order valence-electron chi connectivity index (χ1n) is 12.4. The topological polar surface area (TPSA) is 94.5 Å². The first-order valence-corrected chi connectivity index (χ1v) is 12.4. The number of likely N-dealkylation sites (tertiary alicyclic amines) is 1. The Morgan fingerprint density at radius 1 is 0.946 bits per heavy atom. The molecule has 3 rings (SSSR count). The average Bonchev–Trinajstić information content (AvgIpc) is 3.12. The molecule has 0 radical (unpaired) electrons. The molecule has 8 nitrogen and oxygen atoms in total. The Kier molecular flexibility index (Phi) is 9.21. The lowest BCUT2D eigenvalue weighted by Crippen LogP contribution is -2.31. The summed E-state index contributed by atoms with van der Waals surface area (Å²) < 4.78 is 22.0. The van der Waals surface area contributed by atoms with Crippen molar-refractivity contribution in [3.05, 3.63) is 58.7 Å². The van der Waals surface area contributed by atoms with Gasteiger partial charge in [-0.05, 0) is 67.6 Å². The second kappa shape index (κ2) is 12.1. The van der Waals surface area contributed by atoms with Gasteiger partial charge in [-0.2, -0.15) is 0 Å². The number of ketones is 1. The van der Waals surface area contributed by atoms with Crippen LogP contribution in [0.1, 0.15) is 62.8 Å². The van der Waals surface area contributed by atoms with Crippen LogP contribution in [0.25, 0.3) is 5.76 Å². The third-order valence-corrected chi connectivity index (χ3v) is 6.28. The van der Waals surface area contributed by atoms with Crippen molar-refractivity contribution >= 4 is 17.4 Å². The van der Waals surface area contributed by atoms with Crippen molar-refractivity contribution in [3.63, 3.8) is 0 Å². The Balaban J connectivity index is 2.19. The van der Waals surface area contributed by atoms with E-state index >= 15 is 0 Å². The second-order valence-corrected chi connectivity index (χ2v) is 9.53. The third-order valence-electron chi connectivity index (χ3n) is 6.28. The molecule has 1 fully saturated rings. The number of nitrogens with zero attached hydrogens (tertiary/aromatic N) is 1. The highest BCUT2D eigenvalue weighted by molar-refractivity contribution is 6.46. The van der Waals surface area contributed by atoms with Gasteiger partial charge in [-0.15, -0.1) is 0 Å². The summed E-state index contributed by atoms with van der Waals surface area (Å²) in [5.74, 6) is 0.199. The molecule has 1 aliphatic rings. The van der Waals surface area contributed by atoms with Crippen molar-refractivity contribution in [2.75, 3.05) is 34.5 Å². The van der Waals surface area contributed by atoms with Crippen LogP contribution in [0.3, 0.4) is 0 Å². The molecular weight excluding hydrogens is 474 g/mol. The predicted octanol–water partition coefficient (Wildman–Crippen LogP) is 5.07. The molecule has 200 valence electrons. The zero-order valence-corrected chi connectivity index (χ0v) is 22.7. The number of carbonyl (C=O) groups excluding carboxylic acids is 2. The fourth-order valence-electron chi connectivity index (χ4n) is 4.53. The zero-order chi connectivity index (χ0) is 27.3. The van der Waals surface area contributed by atoms with E-state index in [1.165, 1.54) is 12.0 Å². The molecule has 1 atom stereocenters. The Morgan fingerprint density at radius 3 is 2.22 bits per heavy atom. The van der Waals surface area contributed by atoms with Crippen molar-refractivity contribution in [1.29, 1.82) is 0 Å². The van der Waals surface area contributed by atoms with E-state index in [0.29, 0.717) is 41.4 Å². The molecule has 1 aliphatic heterocycles. The number of Topliss-reactive ketones (excluding diaryl/α,β-unsaturated/α-hetero) is 1. The maximum absolute atomic E-state index is 13.3. The molecule has 0 aliphatic carbocycles. The summed E-state index contributed by atoms with van der Waals surface area (Å²) in [7, 11) is 4.71. The van der Waals surface area contributed by atoms with Crippen LogP contribution >= 0.6 is 0 Å². The van der Waals surface area contributed by atoms with Gasteiger partial charge in [0.1, 0.15) is 11.5 Å². The lowest BCUT2D eigenvalue weighted by molar-refractivity contribution is -0.140. The molecule has 2 aromatic carbocycles. The predicted molar refractivity (Wildman–Crippen MR) is 141 cm³/mol. The summed E-state index contributed by atoms with van der Waals surface area (Å²) in [6.45, 7) is 8.58.